The first-order chi connectivity index (χ1) is 14.8. The zero-order valence-electron chi connectivity index (χ0n) is 17.9. The lowest BCUT2D eigenvalue weighted by Crippen LogP contribution is -2.37. The SMILES string of the molecule is CCCCC1(CC)COP(=O)(C(O)P(=O)(Oc2ccccc2)Oc2ccccc2)OC1. The molecule has 0 radical (unpaired) electrons. The van der Waals surface area contributed by atoms with Gasteiger partial charge in [-0.15, -0.1) is 0 Å². The first kappa shape index (κ1) is 24.0. The minimum atomic E-state index is -4.42. The second kappa shape index (κ2) is 10.3. The van der Waals surface area contributed by atoms with Gasteiger partial charge in [0.25, 0.3) is 5.59 Å². The molecule has 1 unspecified atom stereocenters. The molecule has 1 heterocycles. The molecule has 2 aromatic rings. The van der Waals surface area contributed by atoms with E-state index in [4.69, 9.17) is 18.1 Å². The minimum absolute atomic E-state index is 0.147. The van der Waals surface area contributed by atoms with Crippen LogP contribution in [0.25, 0.3) is 0 Å². The Balaban J connectivity index is 1.85. The maximum Gasteiger partial charge on any atom is 0.471 e. The van der Waals surface area contributed by atoms with E-state index >= 15 is 0 Å². The molecule has 1 atom stereocenters. The zero-order chi connectivity index (χ0) is 22.4. The molecule has 7 nitrogen and oxygen atoms in total. The Bertz CT molecular complexity index is 862. The number of hydrogen-bond acceptors (Lipinski definition) is 7. The van der Waals surface area contributed by atoms with Crippen molar-refractivity contribution in [2.45, 2.75) is 45.1 Å². The van der Waals surface area contributed by atoms with Crippen molar-refractivity contribution in [2.24, 2.45) is 5.41 Å². The molecule has 1 fully saturated rings. The monoisotopic (exact) mass is 468 g/mol. The van der Waals surface area contributed by atoms with Crippen LogP contribution < -0.4 is 9.05 Å². The summed E-state index contributed by atoms with van der Waals surface area (Å²) in [5, 5.41) is 11.0. The highest BCUT2D eigenvalue weighted by Crippen LogP contribution is 2.70. The van der Waals surface area contributed by atoms with Crippen LogP contribution in [-0.2, 0) is 18.2 Å². The maximum absolute atomic E-state index is 13.7. The Kier molecular flexibility index (Phi) is 8.01. The van der Waals surface area contributed by atoms with E-state index in [1.165, 1.54) is 0 Å². The predicted octanol–water partition coefficient (Wildman–Crippen LogP) is 6.44. The zero-order valence-corrected chi connectivity index (χ0v) is 19.7. The van der Waals surface area contributed by atoms with Crippen LogP contribution in [0.2, 0.25) is 0 Å². The first-order valence-electron chi connectivity index (χ1n) is 10.5. The summed E-state index contributed by atoms with van der Waals surface area (Å²) >= 11 is 0. The average molecular weight is 468 g/mol. The van der Waals surface area contributed by atoms with Crippen LogP contribution >= 0.6 is 15.2 Å². The lowest BCUT2D eigenvalue weighted by molar-refractivity contribution is -0.00203. The first-order valence-corrected chi connectivity index (χ1v) is 13.7. The molecule has 1 aliphatic rings. The van der Waals surface area contributed by atoms with Gasteiger partial charge in [0.05, 0.1) is 13.2 Å². The second-order valence-corrected chi connectivity index (χ2v) is 12.2. The summed E-state index contributed by atoms with van der Waals surface area (Å²) in [6.07, 6.45) is 3.64. The summed E-state index contributed by atoms with van der Waals surface area (Å²) in [6, 6.07) is 16.6. The van der Waals surface area contributed by atoms with E-state index in [0.717, 1.165) is 25.7 Å². The molecule has 0 amide bonds. The van der Waals surface area contributed by atoms with Crippen LogP contribution in [0.3, 0.4) is 0 Å². The standard InChI is InChI=1S/C22H30O7P2/c1-3-5-16-22(4-2)17-26-30(24,27-18-22)21(23)31(25,28-19-12-8-6-9-13-19)29-20-14-10-7-11-15-20/h6-15,21,23H,3-5,16-18H2,1-2H3. The van der Waals surface area contributed by atoms with Crippen LogP contribution in [0, 0.1) is 5.41 Å². The van der Waals surface area contributed by atoms with E-state index in [0.29, 0.717) is 0 Å². The summed E-state index contributed by atoms with van der Waals surface area (Å²) in [5.41, 5.74) is -2.38. The average Bonchev–Trinajstić information content (AvgIpc) is 2.80. The van der Waals surface area contributed by atoms with Crippen molar-refractivity contribution in [1.29, 1.82) is 0 Å². The van der Waals surface area contributed by atoms with Gasteiger partial charge >= 0.3 is 15.2 Å². The lowest BCUT2D eigenvalue weighted by Gasteiger charge is -2.40. The number of aliphatic hydroxyl groups is 1. The number of rotatable bonds is 10. The summed E-state index contributed by atoms with van der Waals surface area (Å²) in [6.45, 7) is 4.42. The maximum atomic E-state index is 13.7. The van der Waals surface area contributed by atoms with Crippen molar-refractivity contribution >= 4 is 15.2 Å². The van der Waals surface area contributed by atoms with Crippen LogP contribution in [0.4, 0.5) is 0 Å². The largest absolute Gasteiger partial charge is 0.471 e. The molecule has 0 saturated carbocycles. The lowest BCUT2D eigenvalue weighted by atomic mass is 9.82. The van der Waals surface area contributed by atoms with E-state index < -0.39 is 20.8 Å². The predicted molar refractivity (Wildman–Crippen MR) is 120 cm³/mol. The summed E-state index contributed by atoms with van der Waals surface area (Å²) in [5.74, 6) is 0.408. The number of hydrogen-bond donors (Lipinski definition) is 1. The van der Waals surface area contributed by atoms with Crippen molar-refractivity contribution in [1.82, 2.24) is 0 Å². The van der Waals surface area contributed by atoms with Crippen molar-refractivity contribution in [2.75, 3.05) is 13.2 Å². The summed E-state index contributed by atoms with van der Waals surface area (Å²) < 4.78 is 49.5. The van der Waals surface area contributed by atoms with Crippen molar-refractivity contribution in [3.63, 3.8) is 0 Å². The fraction of sp³-hybridized carbons (Fsp3) is 0.455. The molecule has 0 spiro atoms. The van der Waals surface area contributed by atoms with Crippen molar-refractivity contribution in [3.05, 3.63) is 60.7 Å². The molecule has 31 heavy (non-hydrogen) atoms. The van der Waals surface area contributed by atoms with Crippen LogP contribution in [0.1, 0.15) is 39.5 Å². The number of unbranched alkanes of at least 4 members (excludes halogenated alkanes) is 1. The smallest absolute Gasteiger partial charge is 0.414 e. The van der Waals surface area contributed by atoms with Gasteiger partial charge < -0.3 is 23.2 Å². The molecule has 170 valence electrons. The molecule has 9 heteroatoms. The molecule has 2 aromatic carbocycles. The molecular weight excluding hydrogens is 438 g/mol. The minimum Gasteiger partial charge on any atom is -0.414 e. The highest BCUT2D eigenvalue weighted by atomic mass is 31.2. The summed E-state index contributed by atoms with van der Waals surface area (Å²) in [7, 11) is -8.60. The van der Waals surface area contributed by atoms with Crippen LogP contribution in [0.5, 0.6) is 11.5 Å². The molecule has 1 N–H and O–H groups in total. The van der Waals surface area contributed by atoms with Gasteiger partial charge in [-0.1, -0.05) is 63.1 Å². The van der Waals surface area contributed by atoms with Gasteiger partial charge in [-0.3, -0.25) is 4.57 Å². The highest BCUT2D eigenvalue weighted by molar-refractivity contribution is 7.72. The third kappa shape index (κ3) is 5.79. The molecular formula is C22H30O7P2. The Hall–Kier alpha value is -1.62. The molecule has 1 saturated heterocycles. The van der Waals surface area contributed by atoms with Crippen molar-refractivity contribution < 1.29 is 32.3 Å². The topological polar surface area (TPSA) is 91.3 Å². The fourth-order valence-corrected chi connectivity index (χ4v) is 7.66. The van der Waals surface area contributed by atoms with Gasteiger partial charge in [-0.2, -0.15) is 0 Å². The number of aliphatic hydroxyl groups excluding tert-OH is 1. The second-order valence-electron chi connectivity index (χ2n) is 7.74. The highest BCUT2D eigenvalue weighted by Gasteiger charge is 2.56. The summed E-state index contributed by atoms with van der Waals surface area (Å²) in [4.78, 5) is 0. The normalized spacial score (nSPS) is 25.0. The third-order valence-electron chi connectivity index (χ3n) is 5.43. The third-order valence-corrected chi connectivity index (χ3v) is 10.2. The molecule has 0 aromatic heterocycles. The number of benzene rings is 2. The fourth-order valence-electron chi connectivity index (χ4n) is 3.29. The van der Waals surface area contributed by atoms with Crippen LogP contribution in [0.15, 0.2) is 60.7 Å². The molecule has 0 bridgehead atoms. The Labute approximate surface area is 183 Å². The Morgan fingerprint density at radius 1 is 1.00 bits per heavy atom. The van der Waals surface area contributed by atoms with Gasteiger partial charge in [-0.25, -0.2) is 4.57 Å². The van der Waals surface area contributed by atoms with Gasteiger partial charge in [0.2, 0.25) is 0 Å². The molecule has 0 aliphatic carbocycles. The van der Waals surface area contributed by atoms with Crippen molar-refractivity contribution in [3.8, 4) is 11.5 Å². The number of para-hydroxylation sites is 2. The molecule has 3 rings (SSSR count). The van der Waals surface area contributed by atoms with E-state index in [-0.39, 0.29) is 30.1 Å². The Morgan fingerprint density at radius 2 is 1.48 bits per heavy atom. The van der Waals surface area contributed by atoms with E-state index in [1.807, 2.05) is 6.92 Å². The quantitative estimate of drug-likeness (QED) is 0.401. The van der Waals surface area contributed by atoms with Gasteiger partial charge in [0.15, 0.2) is 0 Å². The van der Waals surface area contributed by atoms with E-state index in [2.05, 4.69) is 6.92 Å². The van der Waals surface area contributed by atoms with E-state index in [9.17, 15) is 14.2 Å². The van der Waals surface area contributed by atoms with E-state index in [1.54, 1.807) is 60.7 Å². The van der Waals surface area contributed by atoms with Crippen LogP contribution in [-0.4, -0.2) is 23.9 Å². The van der Waals surface area contributed by atoms with Gasteiger partial charge in [-0.05, 0) is 37.1 Å². The van der Waals surface area contributed by atoms with Gasteiger partial charge in [0.1, 0.15) is 11.5 Å². The molecule has 1 aliphatic heterocycles. The van der Waals surface area contributed by atoms with Gasteiger partial charge in [0, 0.05) is 5.41 Å². The Morgan fingerprint density at radius 3 is 1.90 bits per heavy atom.